The zero-order valence-electron chi connectivity index (χ0n) is 7.60. The Morgan fingerprint density at radius 1 is 0.857 bits per heavy atom. The molecular formula is C8H8S6. The van der Waals surface area contributed by atoms with Gasteiger partial charge in [-0.25, -0.2) is 0 Å². The molecule has 0 aromatic rings. The standard InChI is InChI=1S/C8H8S6/c1-9-5-3-11-7(13-5)8-12-4-6(10-2)14-8/h3-4H,1-2H3/b8-7-. The van der Waals surface area contributed by atoms with E-state index in [1.807, 2.05) is 70.6 Å². The van der Waals surface area contributed by atoms with Crippen molar-refractivity contribution in [3.8, 4) is 0 Å². The van der Waals surface area contributed by atoms with Crippen molar-refractivity contribution in [2.45, 2.75) is 0 Å². The molecular weight excluding hydrogens is 288 g/mol. The molecule has 0 atom stereocenters. The van der Waals surface area contributed by atoms with Crippen LogP contribution < -0.4 is 0 Å². The van der Waals surface area contributed by atoms with Crippen LogP contribution in [0.5, 0.6) is 0 Å². The monoisotopic (exact) mass is 296 g/mol. The third-order valence-electron chi connectivity index (χ3n) is 1.48. The second kappa shape index (κ2) is 5.59. The molecule has 0 aliphatic carbocycles. The third kappa shape index (κ3) is 2.71. The Morgan fingerprint density at radius 2 is 1.29 bits per heavy atom. The van der Waals surface area contributed by atoms with Crippen LogP contribution >= 0.6 is 70.6 Å². The van der Waals surface area contributed by atoms with Crippen LogP contribution in [0.4, 0.5) is 0 Å². The zero-order valence-corrected chi connectivity index (χ0v) is 12.5. The van der Waals surface area contributed by atoms with Gasteiger partial charge in [0.2, 0.25) is 0 Å². The molecule has 0 saturated heterocycles. The summed E-state index contributed by atoms with van der Waals surface area (Å²) in [7, 11) is 0. The summed E-state index contributed by atoms with van der Waals surface area (Å²) in [4.78, 5) is 0. The molecule has 76 valence electrons. The lowest BCUT2D eigenvalue weighted by molar-refractivity contribution is 2.36. The van der Waals surface area contributed by atoms with Gasteiger partial charge in [-0.3, -0.25) is 0 Å². The molecule has 0 aromatic heterocycles. The topological polar surface area (TPSA) is 0 Å². The number of rotatable bonds is 2. The van der Waals surface area contributed by atoms with E-state index in [0.717, 1.165) is 0 Å². The normalized spacial score (nSPS) is 26.7. The van der Waals surface area contributed by atoms with Gasteiger partial charge < -0.3 is 0 Å². The molecule has 0 fully saturated rings. The molecule has 0 spiro atoms. The van der Waals surface area contributed by atoms with Crippen LogP contribution in [-0.4, -0.2) is 12.5 Å². The van der Waals surface area contributed by atoms with Crippen LogP contribution in [0.1, 0.15) is 0 Å². The zero-order chi connectivity index (χ0) is 9.97. The predicted octanol–water partition coefficient (Wildman–Crippen LogP) is 5.40. The minimum absolute atomic E-state index is 1.41. The second-order valence-corrected chi connectivity index (χ2v) is 8.89. The Hall–Kier alpha value is 1.32. The Labute approximate surface area is 110 Å². The van der Waals surface area contributed by atoms with Gasteiger partial charge in [0.25, 0.3) is 0 Å². The first kappa shape index (κ1) is 11.8. The number of hydrogen-bond acceptors (Lipinski definition) is 6. The van der Waals surface area contributed by atoms with E-state index in [-0.39, 0.29) is 0 Å². The van der Waals surface area contributed by atoms with Gasteiger partial charge in [-0.05, 0) is 23.3 Å². The molecule has 0 aromatic carbocycles. The lowest BCUT2D eigenvalue weighted by Crippen LogP contribution is -1.66. The fourth-order valence-corrected chi connectivity index (χ4v) is 7.48. The quantitative estimate of drug-likeness (QED) is 0.664. The maximum absolute atomic E-state index is 2.25. The lowest BCUT2D eigenvalue weighted by atomic mass is 11.2. The Balaban J connectivity index is 2.01. The van der Waals surface area contributed by atoms with Crippen LogP contribution in [-0.2, 0) is 0 Å². The summed E-state index contributed by atoms with van der Waals surface area (Å²) in [5.74, 6) is 0. The first-order valence-electron chi connectivity index (χ1n) is 3.75. The fraction of sp³-hybridized carbons (Fsp3) is 0.250. The molecule has 2 heterocycles. The van der Waals surface area contributed by atoms with Crippen LogP contribution in [0.15, 0.2) is 27.8 Å². The Morgan fingerprint density at radius 3 is 1.57 bits per heavy atom. The molecule has 0 amide bonds. The third-order valence-corrected chi connectivity index (χ3v) is 9.17. The SMILES string of the molecule is CSC1=CS/C(=C2\SC=C(SC)S2)S1. The summed E-state index contributed by atoms with van der Waals surface area (Å²) >= 11 is 11.2. The Kier molecular flexibility index (Phi) is 4.71. The van der Waals surface area contributed by atoms with Gasteiger partial charge >= 0.3 is 0 Å². The summed E-state index contributed by atoms with van der Waals surface area (Å²) in [6.07, 6.45) is 4.26. The lowest BCUT2D eigenvalue weighted by Gasteiger charge is -2.01. The molecule has 0 N–H and O–H groups in total. The first-order valence-corrected chi connectivity index (χ1v) is 9.59. The molecule has 2 aliphatic rings. The van der Waals surface area contributed by atoms with Crippen molar-refractivity contribution < 1.29 is 0 Å². The molecule has 0 bridgehead atoms. The van der Waals surface area contributed by atoms with Crippen molar-refractivity contribution in [2.24, 2.45) is 0 Å². The predicted molar refractivity (Wildman–Crippen MR) is 80.6 cm³/mol. The van der Waals surface area contributed by atoms with Crippen molar-refractivity contribution >= 4 is 70.6 Å². The van der Waals surface area contributed by atoms with Gasteiger partial charge in [-0.15, -0.1) is 23.5 Å². The highest BCUT2D eigenvalue weighted by molar-refractivity contribution is 8.39. The highest BCUT2D eigenvalue weighted by Crippen LogP contribution is 2.58. The largest absolute Gasteiger partial charge is 0.122 e. The Bertz CT molecular complexity index is 295. The minimum Gasteiger partial charge on any atom is -0.122 e. The molecule has 0 nitrogen and oxygen atoms in total. The van der Waals surface area contributed by atoms with E-state index >= 15 is 0 Å². The van der Waals surface area contributed by atoms with Gasteiger partial charge in [-0.2, -0.15) is 0 Å². The van der Waals surface area contributed by atoms with Crippen LogP contribution in [0.2, 0.25) is 0 Å². The number of thioether (sulfide) groups is 6. The molecule has 0 unspecified atom stereocenters. The smallest absolute Gasteiger partial charge is 0.0706 e. The molecule has 2 rings (SSSR count). The summed E-state index contributed by atoms with van der Waals surface area (Å²) in [6, 6.07) is 0. The van der Waals surface area contributed by atoms with Gasteiger partial charge in [0.05, 0.1) is 16.9 Å². The van der Waals surface area contributed by atoms with E-state index in [4.69, 9.17) is 0 Å². The molecule has 2 aliphatic heterocycles. The highest BCUT2D eigenvalue weighted by atomic mass is 32.2. The first-order chi connectivity index (χ1) is 6.83. The van der Waals surface area contributed by atoms with Gasteiger partial charge in [-0.1, -0.05) is 47.0 Å². The summed E-state index contributed by atoms with van der Waals surface area (Å²) < 4.78 is 5.72. The van der Waals surface area contributed by atoms with Crippen molar-refractivity contribution in [2.75, 3.05) is 12.5 Å². The molecule has 14 heavy (non-hydrogen) atoms. The second-order valence-electron chi connectivity index (χ2n) is 2.30. The fourth-order valence-electron chi connectivity index (χ4n) is 0.841. The summed E-state index contributed by atoms with van der Waals surface area (Å²) in [5.41, 5.74) is 0. The van der Waals surface area contributed by atoms with Crippen LogP contribution in [0, 0.1) is 0 Å². The van der Waals surface area contributed by atoms with E-state index in [2.05, 4.69) is 23.3 Å². The van der Waals surface area contributed by atoms with Gasteiger partial charge in [0, 0.05) is 0 Å². The van der Waals surface area contributed by atoms with Crippen molar-refractivity contribution in [1.82, 2.24) is 0 Å². The number of hydrogen-bond donors (Lipinski definition) is 0. The summed E-state index contributed by atoms with van der Waals surface area (Å²) in [5, 5.41) is 4.49. The average Bonchev–Trinajstić information content (AvgIpc) is 2.86. The van der Waals surface area contributed by atoms with Crippen LogP contribution in [0.25, 0.3) is 0 Å². The summed E-state index contributed by atoms with van der Waals surface area (Å²) in [6.45, 7) is 0. The molecule has 0 saturated carbocycles. The van der Waals surface area contributed by atoms with Crippen molar-refractivity contribution in [3.63, 3.8) is 0 Å². The minimum atomic E-state index is 1.41. The van der Waals surface area contributed by atoms with Gasteiger partial charge in [0.1, 0.15) is 0 Å². The van der Waals surface area contributed by atoms with E-state index < -0.39 is 0 Å². The van der Waals surface area contributed by atoms with Gasteiger partial charge in [0.15, 0.2) is 0 Å². The highest BCUT2D eigenvalue weighted by Gasteiger charge is 2.20. The van der Waals surface area contributed by atoms with E-state index in [1.54, 1.807) is 0 Å². The maximum atomic E-state index is 2.25. The van der Waals surface area contributed by atoms with E-state index in [9.17, 15) is 0 Å². The molecule has 0 radical (unpaired) electrons. The van der Waals surface area contributed by atoms with Crippen molar-refractivity contribution in [3.05, 3.63) is 27.8 Å². The average molecular weight is 297 g/mol. The van der Waals surface area contributed by atoms with E-state index in [0.29, 0.717) is 0 Å². The maximum Gasteiger partial charge on any atom is 0.0706 e. The van der Waals surface area contributed by atoms with Crippen LogP contribution in [0.3, 0.4) is 0 Å². The van der Waals surface area contributed by atoms with Crippen molar-refractivity contribution in [1.29, 1.82) is 0 Å². The van der Waals surface area contributed by atoms with E-state index in [1.165, 1.54) is 16.9 Å². The molecule has 6 heteroatoms.